The topological polar surface area (TPSA) is 70.5 Å². The lowest BCUT2D eigenvalue weighted by molar-refractivity contribution is -0.132. The molecule has 0 bridgehead atoms. The van der Waals surface area contributed by atoms with E-state index < -0.39 is 23.5 Å². The molecule has 0 saturated carbocycles. The molecule has 2 heterocycles. The third-order valence-electron chi connectivity index (χ3n) is 5.18. The fraction of sp³-hybridized carbons (Fsp3) is 0.0417. The van der Waals surface area contributed by atoms with Crippen molar-refractivity contribution in [1.82, 2.24) is 4.98 Å². The predicted molar refractivity (Wildman–Crippen MR) is 117 cm³/mol. The number of para-hydroxylation sites is 1. The van der Waals surface area contributed by atoms with Gasteiger partial charge in [0.1, 0.15) is 17.6 Å². The van der Waals surface area contributed by atoms with Gasteiger partial charge in [-0.3, -0.25) is 14.5 Å². The molecule has 1 atom stereocenters. The molecule has 0 spiro atoms. The van der Waals surface area contributed by atoms with E-state index in [1.165, 1.54) is 34.4 Å². The average Bonchev–Trinajstić information content (AvgIpc) is 3.33. The number of hydrogen-bond donors (Lipinski definition) is 1. The van der Waals surface area contributed by atoms with E-state index in [9.17, 15) is 19.1 Å². The van der Waals surface area contributed by atoms with Crippen LogP contribution < -0.4 is 4.90 Å². The van der Waals surface area contributed by atoms with Crippen molar-refractivity contribution >= 4 is 44.1 Å². The molecule has 5 nitrogen and oxygen atoms in total. The lowest BCUT2D eigenvalue weighted by Crippen LogP contribution is -2.29. The SMILES string of the molecule is O=C1C(=O)N(c2nc3ccccc3s2)C(c2ccccc2F)/C1=C(\O)c1ccccc1. The number of nitrogens with zero attached hydrogens (tertiary/aromatic N) is 2. The highest BCUT2D eigenvalue weighted by Crippen LogP contribution is 2.44. The van der Waals surface area contributed by atoms with E-state index >= 15 is 0 Å². The summed E-state index contributed by atoms with van der Waals surface area (Å²) in [5.41, 5.74) is 0.977. The average molecular weight is 430 g/mol. The summed E-state index contributed by atoms with van der Waals surface area (Å²) in [5, 5.41) is 11.2. The van der Waals surface area contributed by atoms with Crippen molar-refractivity contribution in [3.05, 3.63) is 101 Å². The zero-order valence-corrected chi connectivity index (χ0v) is 16.8. The Kier molecular flexibility index (Phi) is 4.60. The van der Waals surface area contributed by atoms with Crippen LogP contribution in [0.1, 0.15) is 17.2 Å². The summed E-state index contributed by atoms with van der Waals surface area (Å²) in [6.07, 6.45) is 0. The number of amides is 1. The van der Waals surface area contributed by atoms with Crippen LogP contribution in [0.3, 0.4) is 0 Å². The van der Waals surface area contributed by atoms with Gasteiger partial charge in [-0.1, -0.05) is 72.0 Å². The fourth-order valence-corrected chi connectivity index (χ4v) is 4.73. The number of benzene rings is 3. The van der Waals surface area contributed by atoms with Crippen molar-refractivity contribution in [3.63, 3.8) is 0 Å². The number of fused-ring (bicyclic) bond motifs is 1. The number of hydrogen-bond acceptors (Lipinski definition) is 5. The Balaban J connectivity index is 1.77. The second-order valence-electron chi connectivity index (χ2n) is 7.02. The Bertz CT molecular complexity index is 1330. The second kappa shape index (κ2) is 7.45. The Morgan fingerprint density at radius 2 is 1.61 bits per heavy atom. The van der Waals surface area contributed by atoms with Crippen LogP contribution in [0.5, 0.6) is 0 Å². The first-order chi connectivity index (χ1) is 15.1. The molecule has 1 amide bonds. The number of anilines is 1. The summed E-state index contributed by atoms with van der Waals surface area (Å²) in [4.78, 5) is 31.8. The number of aromatic nitrogens is 1. The summed E-state index contributed by atoms with van der Waals surface area (Å²) >= 11 is 1.23. The fourth-order valence-electron chi connectivity index (χ4n) is 3.74. The molecule has 4 aromatic rings. The van der Waals surface area contributed by atoms with Gasteiger partial charge in [0.2, 0.25) is 0 Å². The van der Waals surface area contributed by atoms with Crippen LogP contribution in [0.2, 0.25) is 0 Å². The van der Waals surface area contributed by atoms with Crippen LogP contribution in [0, 0.1) is 5.82 Å². The van der Waals surface area contributed by atoms with Crippen LogP contribution in [-0.2, 0) is 9.59 Å². The summed E-state index contributed by atoms with van der Waals surface area (Å²) in [7, 11) is 0. The molecule has 7 heteroatoms. The minimum absolute atomic E-state index is 0.110. The van der Waals surface area contributed by atoms with Gasteiger partial charge in [-0.2, -0.15) is 0 Å². The first-order valence-corrected chi connectivity index (χ1v) is 10.3. The van der Waals surface area contributed by atoms with Gasteiger partial charge in [0.15, 0.2) is 5.13 Å². The Morgan fingerprint density at radius 3 is 2.35 bits per heavy atom. The molecule has 31 heavy (non-hydrogen) atoms. The third-order valence-corrected chi connectivity index (χ3v) is 6.22. The van der Waals surface area contributed by atoms with Crippen molar-refractivity contribution < 1.29 is 19.1 Å². The zero-order valence-electron chi connectivity index (χ0n) is 16.0. The smallest absolute Gasteiger partial charge is 0.301 e. The van der Waals surface area contributed by atoms with E-state index in [0.29, 0.717) is 11.1 Å². The molecule has 1 fully saturated rings. The van der Waals surface area contributed by atoms with Gasteiger partial charge in [-0.05, 0) is 18.2 Å². The highest BCUT2D eigenvalue weighted by molar-refractivity contribution is 7.22. The van der Waals surface area contributed by atoms with Crippen LogP contribution in [0.4, 0.5) is 9.52 Å². The van der Waals surface area contributed by atoms with Crippen LogP contribution in [0.25, 0.3) is 16.0 Å². The van der Waals surface area contributed by atoms with Gasteiger partial charge in [0, 0.05) is 11.1 Å². The molecule has 1 unspecified atom stereocenters. The van der Waals surface area contributed by atoms with Crippen LogP contribution in [0.15, 0.2) is 84.4 Å². The molecule has 1 N–H and O–H groups in total. The van der Waals surface area contributed by atoms with Gasteiger partial charge >= 0.3 is 5.91 Å². The Hall–Kier alpha value is -3.84. The van der Waals surface area contributed by atoms with E-state index in [0.717, 1.165) is 4.70 Å². The van der Waals surface area contributed by atoms with Gasteiger partial charge < -0.3 is 5.11 Å². The number of aliphatic hydroxyl groups excluding tert-OH is 1. The number of aliphatic hydroxyl groups is 1. The second-order valence-corrected chi connectivity index (χ2v) is 8.03. The minimum atomic E-state index is -1.14. The highest BCUT2D eigenvalue weighted by atomic mass is 32.1. The first kappa shape index (κ1) is 19.1. The van der Waals surface area contributed by atoms with E-state index in [1.54, 1.807) is 42.5 Å². The molecule has 0 radical (unpaired) electrons. The number of halogens is 1. The Labute approximate surface area is 180 Å². The standard InChI is InChI=1S/C24H15FN2O3S/c25-16-11-5-4-10-15(16)20-19(21(28)14-8-2-1-3-9-14)22(29)23(30)27(20)24-26-17-12-6-7-13-18(17)31-24/h1-13,20,28H/b21-19+. The number of thiazole rings is 1. The quantitative estimate of drug-likeness (QED) is 0.280. The summed E-state index contributed by atoms with van der Waals surface area (Å²) in [6, 6.07) is 20.5. The van der Waals surface area contributed by atoms with Gasteiger partial charge in [-0.15, -0.1) is 0 Å². The predicted octanol–water partition coefficient (Wildman–Crippen LogP) is 5.06. The highest BCUT2D eigenvalue weighted by Gasteiger charge is 2.49. The summed E-state index contributed by atoms with van der Waals surface area (Å²) in [6.45, 7) is 0. The summed E-state index contributed by atoms with van der Waals surface area (Å²) in [5.74, 6) is -2.67. The molecule has 5 rings (SSSR count). The number of carbonyl (C=O) groups is 2. The van der Waals surface area contributed by atoms with Crippen molar-refractivity contribution in [2.75, 3.05) is 4.90 Å². The van der Waals surface area contributed by atoms with Crippen molar-refractivity contribution in [3.8, 4) is 0 Å². The molecular weight excluding hydrogens is 415 g/mol. The lowest BCUT2D eigenvalue weighted by atomic mass is 9.95. The molecule has 1 aliphatic heterocycles. The van der Waals surface area contributed by atoms with Crippen molar-refractivity contribution in [2.45, 2.75) is 6.04 Å². The maximum atomic E-state index is 14.9. The van der Waals surface area contributed by atoms with E-state index in [-0.39, 0.29) is 22.0 Å². The molecular formula is C24H15FN2O3S. The molecule has 1 aromatic heterocycles. The number of Topliss-reactive ketones (excluding diaryl/α,β-unsaturated/α-hetero) is 1. The third kappa shape index (κ3) is 3.10. The van der Waals surface area contributed by atoms with Crippen LogP contribution in [-0.4, -0.2) is 21.8 Å². The minimum Gasteiger partial charge on any atom is -0.507 e. The maximum Gasteiger partial charge on any atom is 0.301 e. The van der Waals surface area contributed by atoms with E-state index in [1.807, 2.05) is 18.2 Å². The van der Waals surface area contributed by atoms with E-state index in [2.05, 4.69) is 4.98 Å². The lowest BCUT2D eigenvalue weighted by Gasteiger charge is -2.23. The molecule has 0 aliphatic carbocycles. The van der Waals surface area contributed by atoms with Crippen molar-refractivity contribution in [1.29, 1.82) is 0 Å². The zero-order chi connectivity index (χ0) is 21.5. The van der Waals surface area contributed by atoms with E-state index in [4.69, 9.17) is 0 Å². The molecule has 152 valence electrons. The van der Waals surface area contributed by atoms with Gasteiger partial charge in [-0.25, -0.2) is 9.37 Å². The van der Waals surface area contributed by atoms with Gasteiger partial charge in [0.25, 0.3) is 5.78 Å². The van der Waals surface area contributed by atoms with Crippen LogP contribution >= 0.6 is 11.3 Å². The maximum absolute atomic E-state index is 14.9. The molecule has 1 aliphatic rings. The monoisotopic (exact) mass is 430 g/mol. The Morgan fingerprint density at radius 1 is 0.935 bits per heavy atom. The number of carbonyl (C=O) groups excluding carboxylic acids is 2. The number of rotatable bonds is 3. The van der Waals surface area contributed by atoms with Gasteiger partial charge in [0.05, 0.1) is 15.8 Å². The molecule has 3 aromatic carbocycles. The first-order valence-electron chi connectivity index (χ1n) is 9.52. The van der Waals surface area contributed by atoms with Crippen molar-refractivity contribution in [2.24, 2.45) is 0 Å². The number of ketones is 1. The largest absolute Gasteiger partial charge is 0.507 e. The summed E-state index contributed by atoms with van der Waals surface area (Å²) < 4.78 is 15.7. The molecule has 1 saturated heterocycles. The normalized spacial score (nSPS) is 18.1.